The number of carbonyl (C=O) groups excluding carboxylic acids is 1. The molecule has 8 heteroatoms. The summed E-state index contributed by atoms with van der Waals surface area (Å²) >= 11 is 4.95. The van der Waals surface area contributed by atoms with Crippen LogP contribution in [-0.2, 0) is 14.6 Å². The lowest BCUT2D eigenvalue weighted by molar-refractivity contribution is -0.127. The Bertz CT molecular complexity index is 698. The van der Waals surface area contributed by atoms with Gasteiger partial charge in [-0.15, -0.1) is 11.3 Å². The van der Waals surface area contributed by atoms with Gasteiger partial charge in [-0.2, -0.15) is 0 Å². The Labute approximate surface area is 156 Å². The average Bonchev–Trinajstić information content (AvgIpc) is 3.06. The van der Waals surface area contributed by atoms with Gasteiger partial charge in [0.15, 0.2) is 9.84 Å². The summed E-state index contributed by atoms with van der Waals surface area (Å²) in [6, 6.07) is 3.67. The second-order valence-electron chi connectivity index (χ2n) is 6.22. The number of sulfone groups is 1. The second-order valence-corrected chi connectivity index (χ2v) is 10.9. The summed E-state index contributed by atoms with van der Waals surface area (Å²) in [6.07, 6.45) is 4.71. The highest BCUT2D eigenvalue weighted by Gasteiger charge is 2.33. The van der Waals surface area contributed by atoms with E-state index in [1.54, 1.807) is 28.4 Å². The van der Waals surface area contributed by atoms with Gasteiger partial charge >= 0.3 is 0 Å². The first-order valence-electron chi connectivity index (χ1n) is 7.86. The van der Waals surface area contributed by atoms with E-state index in [1.807, 2.05) is 26.2 Å². The molecule has 2 rings (SSSR count). The topological polar surface area (TPSA) is 57.7 Å². The van der Waals surface area contributed by atoms with Gasteiger partial charge in [0.05, 0.1) is 15.3 Å². The molecule has 1 aliphatic heterocycles. The second kappa shape index (κ2) is 8.60. The largest absolute Gasteiger partial charge is 0.335 e. The number of hydrogen-bond donors (Lipinski definition) is 0. The molecule has 0 spiro atoms. The molecule has 1 aliphatic rings. The van der Waals surface area contributed by atoms with Crippen molar-refractivity contribution in [3.05, 3.63) is 26.9 Å². The van der Waals surface area contributed by atoms with Crippen molar-refractivity contribution in [2.24, 2.45) is 0 Å². The predicted molar refractivity (Wildman–Crippen MR) is 103 cm³/mol. The minimum absolute atomic E-state index is 0.0824. The Kier molecular flexibility index (Phi) is 7.03. The van der Waals surface area contributed by atoms with Gasteiger partial charge in [-0.05, 0) is 67.6 Å². The lowest BCUT2D eigenvalue weighted by atomic mass is 10.2. The maximum absolute atomic E-state index is 12.6. The van der Waals surface area contributed by atoms with Crippen molar-refractivity contribution in [1.29, 1.82) is 0 Å². The molecule has 1 atom stereocenters. The summed E-state index contributed by atoms with van der Waals surface area (Å²) in [5, 5.41) is 0. The van der Waals surface area contributed by atoms with Crippen molar-refractivity contribution in [3.8, 4) is 0 Å². The zero-order valence-corrected chi connectivity index (χ0v) is 17.2. The van der Waals surface area contributed by atoms with Gasteiger partial charge in [-0.25, -0.2) is 8.42 Å². The van der Waals surface area contributed by atoms with E-state index in [-0.39, 0.29) is 23.5 Å². The van der Waals surface area contributed by atoms with Crippen molar-refractivity contribution >= 4 is 49.1 Å². The minimum atomic E-state index is -3.01. The first-order chi connectivity index (χ1) is 11.3. The van der Waals surface area contributed by atoms with Gasteiger partial charge in [0.2, 0.25) is 5.91 Å². The Morgan fingerprint density at radius 2 is 2.12 bits per heavy atom. The van der Waals surface area contributed by atoms with Gasteiger partial charge in [0.25, 0.3) is 0 Å². The highest BCUT2D eigenvalue weighted by atomic mass is 79.9. The molecule has 1 unspecified atom stereocenters. The van der Waals surface area contributed by atoms with E-state index in [4.69, 9.17) is 0 Å². The summed E-state index contributed by atoms with van der Waals surface area (Å²) in [5.41, 5.74) is 0. The fourth-order valence-corrected chi connectivity index (χ4v) is 5.78. The standard InChI is InChI=1S/C16H23BrN2O3S2/c1-18(2)9-3-10-19(13-8-11-24(21,22)12-13)16(20)7-5-14-4-6-15(17)23-14/h4-7,13H,3,8-12H2,1-2H3/b7-5+. The summed E-state index contributed by atoms with van der Waals surface area (Å²) in [6.45, 7) is 1.44. The third-order valence-corrected chi connectivity index (χ3v) is 7.26. The van der Waals surface area contributed by atoms with Crippen LogP contribution in [0.25, 0.3) is 6.08 Å². The van der Waals surface area contributed by atoms with Crippen molar-refractivity contribution in [2.75, 3.05) is 38.7 Å². The Morgan fingerprint density at radius 1 is 1.38 bits per heavy atom. The highest BCUT2D eigenvalue weighted by Crippen LogP contribution is 2.23. The van der Waals surface area contributed by atoms with Gasteiger partial charge < -0.3 is 9.80 Å². The number of rotatable bonds is 7. The minimum Gasteiger partial charge on any atom is -0.335 e. The number of amides is 1. The number of carbonyl (C=O) groups is 1. The third-order valence-electron chi connectivity index (χ3n) is 3.92. The van der Waals surface area contributed by atoms with E-state index < -0.39 is 9.84 Å². The predicted octanol–water partition coefficient (Wildman–Crippen LogP) is 2.49. The molecule has 1 aromatic rings. The molecule has 1 saturated heterocycles. The fraction of sp³-hybridized carbons (Fsp3) is 0.562. The van der Waals surface area contributed by atoms with E-state index >= 15 is 0 Å². The van der Waals surface area contributed by atoms with E-state index in [1.165, 1.54) is 0 Å². The van der Waals surface area contributed by atoms with E-state index in [0.717, 1.165) is 21.6 Å². The molecule has 1 aromatic heterocycles. The summed E-state index contributed by atoms with van der Waals surface area (Å²) in [5.74, 6) is 0.149. The fourth-order valence-electron chi connectivity index (χ4n) is 2.72. The molecule has 1 amide bonds. The SMILES string of the molecule is CN(C)CCCN(C(=O)/C=C/c1ccc(Br)s1)C1CCS(=O)(=O)C1. The van der Waals surface area contributed by atoms with Crippen LogP contribution in [-0.4, -0.2) is 68.9 Å². The number of thiophene rings is 1. The zero-order chi connectivity index (χ0) is 17.7. The smallest absolute Gasteiger partial charge is 0.246 e. The maximum atomic E-state index is 12.6. The van der Waals surface area contributed by atoms with Gasteiger partial charge in [-0.3, -0.25) is 4.79 Å². The van der Waals surface area contributed by atoms with Crippen molar-refractivity contribution in [3.63, 3.8) is 0 Å². The van der Waals surface area contributed by atoms with Crippen molar-refractivity contribution in [1.82, 2.24) is 9.80 Å². The van der Waals surface area contributed by atoms with Gasteiger partial charge in [0, 0.05) is 23.5 Å². The molecule has 0 saturated carbocycles. The molecular weight excluding hydrogens is 412 g/mol. The Hall–Kier alpha value is -0.700. The van der Waals surface area contributed by atoms with Crippen LogP contribution < -0.4 is 0 Å². The van der Waals surface area contributed by atoms with Crippen molar-refractivity contribution in [2.45, 2.75) is 18.9 Å². The molecule has 1 fully saturated rings. The quantitative estimate of drug-likeness (QED) is 0.618. The van der Waals surface area contributed by atoms with E-state index in [2.05, 4.69) is 20.8 Å². The number of nitrogens with zero attached hydrogens (tertiary/aromatic N) is 2. The van der Waals surface area contributed by atoms with Crippen LogP contribution in [0.2, 0.25) is 0 Å². The molecule has 2 heterocycles. The molecule has 5 nitrogen and oxygen atoms in total. The molecule has 0 aromatic carbocycles. The first-order valence-corrected chi connectivity index (χ1v) is 11.3. The highest BCUT2D eigenvalue weighted by molar-refractivity contribution is 9.11. The van der Waals surface area contributed by atoms with E-state index in [9.17, 15) is 13.2 Å². The summed E-state index contributed by atoms with van der Waals surface area (Å²) in [7, 11) is 0.962. The van der Waals surface area contributed by atoms with Crippen LogP contribution in [0.5, 0.6) is 0 Å². The molecule has 0 aliphatic carbocycles. The summed E-state index contributed by atoms with van der Waals surface area (Å²) in [4.78, 5) is 17.4. The first kappa shape index (κ1) is 19.6. The molecule has 134 valence electrons. The molecule has 0 N–H and O–H groups in total. The molecule has 24 heavy (non-hydrogen) atoms. The lowest BCUT2D eigenvalue weighted by Gasteiger charge is -2.27. The maximum Gasteiger partial charge on any atom is 0.246 e. The molecule has 0 bridgehead atoms. The molecular formula is C16H23BrN2O3S2. The van der Waals surface area contributed by atoms with Crippen LogP contribution in [0.3, 0.4) is 0 Å². The lowest BCUT2D eigenvalue weighted by Crippen LogP contribution is -2.41. The third kappa shape index (κ3) is 5.98. The monoisotopic (exact) mass is 434 g/mol. The summed E-state index contributed by atoms with van der Waals surface area (Å²) < 4.78 is 24.5. The van der Waals surface area contributed by atoms with Crippen LogP contribution in [0.4, 0.5) is 0 Å². The zero-order valence-electron chi connectivity index (χ0n) is 13.9. The Morgan fingerprint density at radius 3 is 2.67 bits per heavy atom. The molecule has 0 radical (unpaired) electrons. The van der Waals surface area contributed by atoms with Crippen LogP contribution >= 0.6 is 27.3 Å². The normalized spacial score (nSPS) is 20.1. The number of hydrogen-bond acceptors (Lipinski definition) is 5. The van der Waals surface area contributed by atoms with Crippen LogP contribution in [0, 0.1) is 0 Å². The van der Waals surface area contributed by atoms with E-state index in [0.29, 0.717) is 13.0 Å². The Balaban J connectivity index is 2.05. The van der Waals surface area contributed by atoms with Crippen LogP contribution in [0.15, 0.2) is 22.0 Å². The average molecular weight is 435 g/mol. The van der Waals surface area contributed by atoms with Gasteiger partial charge in [-0.1, -0.05) is 0 Å². The van der Waals surface area contributed by atoms with Gasteiger partial charge in [0.1, 0.15) is 0 Å². The number of halogens is 1. The van der Waals surface area contributed by atoms with Crippen molar-refractivity contribution < 1.29 is 13.2 Å². The van der Waals surface area contributed by atoms with Crippen LogP contribution in [0.1, 0.15) is 17.7 Å².